The molecule has 0 aliphatic carbocycles. The Balaban J connectivity index is 1.39. The highest BCUT2D eigenvalue weighted by atomic mass is 32.1. The lowest BCUT2D eigenvalue weighted by atomic mass is 9.97. The Kier molecular flexibility index (Phi) is 5.39. The zero-order chi connectivity index (χ0) is 19.5. The van der Waals surface area contributed by atoms with Gasteiger partial charge < -0.3 is 10.2 Å². The van der Waals surface area contributed by atoms with E-state index in [1.165, 1.54) is 11.3 Å². The second-order valence-electron chi connectivity index (χ2n) is 7.25. The molecule has 1 aliphatic heterocycles. The number of piperidine rings is 1. The first kappa shape index (κ1) is 18.6. The Morgan fingerprint density at radius 3 is 2.86 bits per heavy atom. The van der Waals surface area contributed by atoms with E-state index in [-0.39, 0.29) is 17.7 Å². The fraction of sp³-hybridized carbons (Fsp3) is 0.318. The lowest BCUT2D eigenvalue weighted by Gasteiger charge is -2.32. The van der Waals surface area contributed by atoms with Crippen LogP contribution in [0.15, 0.2) is 47.8 Å². The van der Waals surface area contributed by atoms with E-state index in [1.807, 2.05) is 59.7 Å². The fourth-order valence-corrected chi connectivity index (χ4v) is 4.38. The number of thiazole rings is 1. The monoisotopic (exact) mass is 393 g/mol. The largest absolute Gasteiger partial charge is 0.352 e. The molecule has 6 heteroatoms. The second kappa shape index (κ2) is 8.10. The van der Waals surface area contributed by atoms with Crippen molar-refractivity contribution in [3.8, 4) is 0 Å². The number of amides is 2. The molecule has 0 bridgehead atoms. The molecule has 1 aliphatic rings. The highest BCUT2D eigenvalue weighted by Crippen LogP contribution is 2.21. The van der Waals surface area contributed by atoms with Crippen molar-refractivity contribution in [2.75, 3.05) is 19.6 Å². The van der Waals surface area contributed by atoms with Gasteiger partial charge in [0.15, 0.2) is 0 Å². The van der Waals surface area contributed by atoms with Gasteiger partial charge in [0.1, 0.15) is 5.69 Å². The minimum Gasteiger partial charge on any atom is -0.352 e. The summed E-state index contributed by atoms with van der Waals surface area (Å²) >= 11 is 1.49. The van der Waals surface area contributed by atoms with E-state index in [0.717, 1.165) is 35.2 Å². The third-order valence-electron chi connectivity index (χ3n) is 5.23. The zero-order valence-electron chi connectivity index (χ0n) is 15.9. The van der Waals surface area contributed by atoms with Crippen LogP contribution in [0.3, 0.4) is 0 Å². The number of fused-ring (bicyclic) bond motifs is 1. The number of hydrogen-bond donors (Lipinski definition) is 1. The van der Waals surface area contributed by atoms with Gasteiger partial charge in [-0.15, -0.1) is 11.3 Å². The minimum atomic E-state index is -0.0598. The maximum absolute atomic E-state index is 12.7. The predicted molar refractivity (Wildman–Crippen MR) is 112 cm³/mol. The van der Waals surface area contributed by atoms with Crippen LogP contribution in [0.4, 0.5) is 0 Å². The number of hydrogen-bond acceptors (Lipinski definition) is 4. The van der Waals surface area contributed by atoms with E-state index in [1.54, 1.807) is 0 Å². The highest BCUT2D eigenvalue weighted by Gasteiger charge is 2.26. The van der Waals surface area contributed by atoms with Gasteiger partial charge in [0.2, 0.25) is 0 Å². The van der Waals surface area contributed by atoms with Crippen molar-refractivity contribution in [2.45, 2.75) is 19.8 Å². The molecule has 2 heterocycles. The van der Waals surface area contributed by atoms with Crippen molar-refractivity contribution in [1.29, 1.82) is 0 Å². The van der Waals surface area contributed by atoms with E-state index >= 15 is 0 Å². The van der Waals surface area contributed by atoms with E-state index < -0.39 is 0 Å². The number of nitrogens with zero attached hydrogens (tertiary/aromatic N) is 2. The number of carbonyl (C=O) groups is 2. The van der Waals surface area contributed by atoms with Gasteiger partial charge >= 0.3 is 0 Å². The van der Waals surface area contributed by atoms with Crippen LogP contribution in [-0.4, -0.2) is 41.3 Å². The molecule has 2 aromatic carbocycles. The molecule has 1 N–H and O–H groups in total. The van der Waals surface area contributed by atoms with E-state index in [9.17, 15) is 9.59 Å². The molecule has 4 rings (SSSR count). The van der Waals surface area contributed by atoms with Crippen molar-refractivity contribution in [3.63, 3.8) is 0 Å². The minimum absolute atomic E-state index is 0.00516. The van der Waals surface area contributed by atoms with Crippen LogP contribution < -0.4 is 5.32 Å². The summed E-state index contributed by atoms with van der Waals surface area (Å²) < 4.78 is 0. The third kappa shape index (κ3) is 3.92. The van der Waals surface area contributed by atoms with Crippen LogP contribution in [0.25, 0.3) is 10.8 Å². The molecule has 28 heavy (non-hydrogen) atoms. The van der Waals surface area contributed by atoms with Gasteiger partial charge in [0.25, 0.3) is 11.8 Å². The molecule has 1 atom stereocenters. The first-order chi connectivity index (χ1) is 13.6. The molecule has 3 aromatic rings. The maximum atomic E-state index is 12.7. The van der Waals surface area contributed by atoms with Crippen molar-refractivity contribution in [3.05, 3.63) is 64.1 Å². The normalized spacial score (nSPS) is 16.9. The Hall–Kier alpha value is -2.73. The Bertz CT molecular complexity index is 1010. The van der Waals surface area contributed by atoms with Gasteiger partial charge in [-0.05, 0) is 42.5 Å². The van der Waals surface area contributed by atoms with Gasteiger partial charge in [-0.2, -0.15) is 0 Å². The molecule has 0 saturated carbocycles. The summed E-state index contributed by atoms with van der Waals surface area (Å²) in [6.07, 6.45) is 1.96. The van der Waals surface area contributed by atoms with E-state index in [2.05, 4.69) is 10.3 Å². The molecule has 1 saturated heterocycles. The van der Waals surface area contributed by atoms with E-state index in [4.69, 9.17) is 0 Å². The average molecular weight is 394 g/mol. The average Bonchev–Trinajstić information content (AvgIpc) is 3.17. The number of rotatable bonds is 4. The Morgan fingerprint density at radius 1 is 1.21 bits per heavy atom. The van der Waals surface area contributed by atoms with Gasteiger partial charge in [0, 0.05) is 30.6 Å². The molecule has 144 valence electrons. The quantitative estimate of drug-likeness (QED) is 0.732. The van der Waals surface area contributed by atoms with Gasteiger partial charge in [-0.1, -0.05) is 36.4 Å². The second-order valence-corrected chi connectivity index (χ2v) is 8.31. The summed E-state index contributed by atoms with van der Waals surface area (Å²) in [7, 11) is 0. The summed E-state index contributed by atoms with van der Waals surface area (Å²) in [4.78, 5) is 31.6. The standard InChI is InChI=1S/C22H23N3O2S/c1-15-24-20(14-28-15)22(27)25-11-5-6-16(13-25)12-23-21(26)19-10-4-8-17-7-2-3-9-18(17)19/h2-4,7-10,14,16H,5-6,11-13H2,1H3,(H,23,26)/t16-/m0/s1. The number of likely N-dealkylation sites (tertiary alicyclic amines) is 1. The topological polar surface area (TPSA) is 62.3 Å². The van der Waals surface area contributed by atoms with Gasteiger partial charge in [-0.3, -0.25) is 9.59 Å². The lowest BCUT2D eigenvalue weighted by molar-refractivity contribution is 0.0665. The zero-order valence-corrected chi connectivity index (χ0v) is 16.7. The maximum Gasteiger partial charge on any atom is 0.273 e. The molecule has 0 spiro atoms. The van der Waals surface area contributed by atoms with Crippen LogP contribution >= 0.6 is 11.3 Å². The van der Waals surface area contributed by atoms with Gasteiger partial charge in [0.05, 0.1) is 5.01 Å². The Morgan fingerprint density at radius 2 is 2.04 bits per heavy atom. The van der Waals surface area contributed by atoms with Crippen LogP contribution in [0.5, 0.6) is 0 Å². The van der Waals surface area contributed by atoms with Gasteiger partial charge in [-0.25, -0.2) is 4.98 Å². The van der Waals surface area contributed by atoms with Crippen LogP contribution in [-0.2, 0) is 0 Å². The number of aromatic nitrogens is 1. The molecule has 0 unspecified atom stereocenters. The summed E-state index contributed by atoms with van der Waals surface area (Å²) in [5.41, 5.74) is 1.22. The summed E-state index contributed by atoms with van der Waals surface area (Å²) in [5.74, 6) is 0.196. The summed E-state index contributed by atoms with van der Waals surface area (Å²) in [6.45, 7) is 3.89. The smallest absolute Gasteiger partial charge is 0.273 e. The number of benzene rings is 2. The summed E-state index contributed by atoms with van der Waals surface area (Å²) in [5, 5.41) is 7.82. The van der Waals surface area contributed by atoms with E-state index in [0.29, 0.717) is 24.3 Å². The van der Waals surface area contributed by atoms with Crippen molar-refractivity contribution >= 4 is 33.9 Å². The SMILES string of the molecule is Cc1nc(C(=O)N2CCC[C@@H](CNC(=O)c3cccc4ccccc34)C2)cs1. The highest BCUT2D eigenvalue weighted by molar-refractivity contribution is 7.09. The summed E-state index contributed by atoms with van der Waals surface area (Å²) in [6, 6.07) is 13.7. The lowest BCUT2D eigenvalue weighted by Crippen LogP contribution is -2.43. The van der Waals surface area contributed by atoms with Crippen molar-refractivity contribution < 1.29 is 9.59 Å². The number of nitrogens with one attached hydrogen (secondary N) is 1. The number of carbonyl (C=O) groups excluding carboxylic acids is 2. The molecule has 0 radical (unpaired) electrons. The molecule has 1 aromatic heterocycles. The van der Waals surface area contributed by atoms with Crippen molar-refractivity contribution in [1.82, 2.24) is 15.2 Å². The van der Waals surface area contributed by atoms with Crippen molar-refractivity contribution in [2.24, 2.45) is 5.92 Å². The fourth-order valence-electron chi connectivity index (χ4n) is 3.80. The van der Waals surface area contributed by atoms with Crippen LogP contribution in [0.2, 0.25) is 0 Å². The Labute approximate surface area is 168 Å². The van der Waals surface area contributed by atoms with Crippen LogP contribution in [0.1, 0.15) is 38.7 Å². The third-order valence-corrected chi connectivity index (χ3v) is 6.00. The molecular formula is C22H23N3O2S. The molecule has 5 nitrogen and oxygen atoms in total. The molecule has 2 amide bonds. The molecule has 1 fully saturated rings. The van der Waals surface area contributed by atoms with Crippen LogP contribution in [0, 0.1) is 12.8 Å². The number of aryl methyl sites for hydroxylation is 1. The molecular weight excluding hydrogens is 370 g/mol. The first-order valence-corrected chi connectivity index (χ1v) is 10.5. The first-order valence-electron chi connectivity index (χ1n) is 9.59. The predicted octanol–water partition coefficient (Wildman–Crippen LogP) is 3.89.